The normalized spacial score (nSPS) is 10.5. The molecule has 1 heterocycles. The Morgan fingerprint density at radius 3 is 2.68 bits per heavy atom. The Hall–Kier alpha value is -1.81. The molecule has 4 heteroatoms. The van der Waals surface area contributed by atoms with Gasteiger partial charge in [-0.2, -0.15) is 0 Å². The van der Waals surface area contributed by atoms with E-state index in [4.69, 9.17) is 9.84 Å². The summed E-state index contributed by atoms with van der Waals surface area (Å²) in [6.07, 6.45) is 0. The van der Waals surface area contributed by atoms with E-state index in [0.29, 0.717) is 12.4 Å². The molecule has 100 valence electrons. The Balaban J connectivity index is 2.19. The summed E-state index contributed by atoms with van der Waals surface area (Å²) in [5.74, 6) is -0.482. The third-order valence-corrected chi connectivity index (χ3v) is 3.92. The summed E-state index contributed by atoms with van der Waals surface area (Å²) in [5, 5.41) is 9.11. The van der Waals surface area contributed by atoms with Crippen molar-refractivity contribution in [1.82, 2.24) is 0 Å². The van der Waals surface area contributed by atoms with Crippen molar-refractivity contribution < 1.29 is 14.6 Å². The fourth-order valence-corrected chi connectivity index (χ4v) is 2.65. The number of rotatable bonds is 4. The number of carboxylic acids is 1. The van der Waals surface area contributed by atoms with E-state index in [-0.39, 0.29) is 4.88 Å². The van der Waals surface area contributed by atoms with Gasteiger partial charge in [-0.05, 0) is 38.0 Å². The molecule has 1 aromatic heterocycles. The molecule has 0 aliphatic heterocycles. The Morgan fingerprint density at radius 2 is 2.00 bits per heavy atom. The minimum Gasteiger partial charge on any atom is -0.487 e. The van der Waals surface area contributed by atoms with Gasteiger partial charge < -0.3 is 9.84 Å². The first kappa shape index (κ1) is 13.6. The molecule has 2 rings (SSSR count). The molecule has 1 aromatic carbocycles. The Kier molecular flexibility index (Phi) is 3.90. The van der Waals surface area contributed by atoms with Crippen molar-refractivity contribution in [2.45, 2.75) is 27.4 Å². The van der Waals surface area contributed by atoms with E-state index in [2.05, 4.69) is 12.1 Å². The summed E-state index contributed by atoms with van der Waals surface area (Å²) in [7, 11) is 0. The van der Waals surface area contributed by atoms with E-state index in [1.165, 1.54) is 16.9 Å². The van der Waals surface area contributed by atoms with Gasteiger partial charge in [0.2, 0.25) is 0 Å². The molecule has 0 saturated carbocycles. The summed E-state index contributed by atoms with van der Waals surface area (Å²) in [5.41, 5.74) is 3.40. The lowest BCUT2D eigenvalue weighted by atomic mass is 10.1. The standard InChI is InChI=1S/C15H16O3S/c1-9-4-5-10(2)12(6-9)8-18-13-7-11(3)19-14(13)15(16)17/h4-7H,8H2,1-3H3,(H,16,17). The van der Waals surface area contributed by atoms with E-state index in [1.54, 1.807) is 6.07 Å². The summed E-state index contributed by atoms with van der Waals surface area (Å²) < 4.78 is 5.67. The van der Waals surface area contributed by atoms with Crippen LogP contribution in [0.1, 0.15) is 31.2 Å². The number of ether oxygens (including phenoxy) is 1. The van der Waals surface area contributed by atoms with Crippen molar-refractivity contribution in [2.24, 2.45) is 0 Å². The van der Waals surface area contributed by atoms with Crippen LogP contribution in [0.4, 0.5) is 0 Å². The molecule has 0 amide bonds. The van der Waals surface area contributed by atoms with Gasteiger partial charge in [-0.15, -0.1) is 11.3 Å². The van der Waals surface area contributed by atoms with Crippen LogP contribution in [0.2, 0.25) is 0 Å². The number of hydrogen-bond donors (Lipinski definition) is 1. The van der Waals surface area contributed by atoms with Crippen molar-refractivity contribution in [1.29, 1.82) is 0 Å². The van der Waals surface area contributed by atoms with Gasteiger partial charge in [0.05, 0.1) is 0 Å². The highest BCUT2D eigenvalue weighted by molar-refractivity contribution is 7.14. The maximum atomic E-state index is 11.1. The highest BCUT2D eigenvalue weighted by Crippen LogP contribution is 2.29. The topological polar surface area (TPSA) is 46.5 Å². The van der Waals surface area contributed by atoms with Crippen LogP contribution in [0.3, 0.4) is 0 Å². The van der Waals surface area contributed by atoms with Crippen LogP contribution in [0, 0.1) is 20.8 Å². The molecule has 3 nitrogen and oxygen atoms in total. The van der Waals surface area contributed by atoms with Gasteiger partial charge in [0.25, 0.3) is 0 Å². The van der Waals surface area contributed by atoms with E-state index in [1.807, 2.05) is 26.8 Å². The summed E-state index contributed by atoms with van der Waals surface area (Å²) in [6, 6.07) is 7.94. The molecule has 0 aliphatic rings. The minimum atomic E-state index is -0.936. The van der Waals surface area contributed by atoms with Gasteiger partial charge >= 0.3 is 5.97 Å². The second-order valence-corrected chi connectivity index (χ2v) is 5.83. The number of benzene rings is 1. The van der Waals surface area contributed by atoms with E-state index in [0.717, 1.165) is 16.0 Å². The fraction of sp³-hybridized carbons (Fsp3) is 0.267. The predicted molar refractivity (Wildman–Crippen MR) is 76.3 cm³/mol. The maximum Gasteiger partial charge on any atom is 0.349 e. The lowest BCUT2D eigenvalue weighted by Crippen LogP contribution is -2.01. The van der Waals surface area contributed by atoms with Gasteiger partial charge in [0.15, 0.2) is 4.88 Å². The molecule has 0 atom stereocenters. The SMILES string of the molecule is Cc1ccc(C)c(COc2cc(C)sc2C(=O)O)c1. The summed E-state index contributed by atoms with van der Waals surface area (Å²) in [4.78, 5) is 12.3. The third kappa shape index (κ3) is 3.15. The van der Waals surface area contributed by atoms with Crippen LogP contribution in [-0.4, -0.2) is 11.1 Å². The average molecular weight is 276 g/mol. The first-order valence-corrected chi connectivity index (χ1v) is 6.81. The number of carbonyl (C=O) groups is 1. The highest BCUT2D eigenvalue weighted by Gasteiger charge is 2.15. The van der Waals surface area contributed by atoms with Crippen molar-refractivity contribution >= 4 is 17.3 Å². The second-order valence-electron chi connectivity index (χ2n) is 4.57. The van der Waals surface area contributed by atoms with Gasteiger partial charge in [-0.3, -0.25) is 0 Å². The van der Waals surface area contributed by atoms with Crippen LogP contribution < -0.4 is 4.74 Å². The zero-order valence-electron chi connectivity index (χ0n) is 11.2. The number of carboxylic acid groups (broad SMARTS) is 1. The van der Waals surface area contributed by atoms with Crippen LogP contribution in [0.15, 0.2) is 24.3 Å². The third-order valence-electron chi connectivity index (χ3n) is 2.90. The Bertz CT molecular complexity index is 614. The predicted octanol–water partition coefficient (Wildman–Crippen LogP) is 3.95. The van der Waals surface area contributed by atoms with Gasteiger partial charge in [0, 0.05) is 4.88 Å². The average Bonchev–Trinajstić information content (AvgIpc) is 2.72. The molecule has 1 N–H and O–H groups in total. The monoisotopic (exact) mass is 276 g/mol. The molecule has 0 bridgehead atoms. The molecule has 0 radical (unpaired) electrons. The summed E-state index contributed by atoms with van der Waals surface area (Å²) >= 11 is 1.24. The largest absolute Gasteiger partial charge is 0.487 e. The lowest BCUT2D eigenvalue weighted by Gasteiger charge is -2.09. The first-order valence-electron chi connectivity index (χ1n) is 6.00. The molecular formula is C15H16O3S. The molecule has 19 heavy (non-hydrogen) atoms. The van der Waals surface area contributed by atoms with Gasteiger partial charge in [0.1, 0.15) is 12.4 Å². The van der Waals surface area contributed by atoms with Crippen molar-refractivity contribution in [3.8, 4) is 5.75 Å². The number of hydrogen-bond acceptors (Lipinski definition) is 3. The van der Waals surface area contributed by atoms with Gasteiger partial charge in [-0.1, -0.05) is 23.8 Å². The molecule has 0 saturated heterocycles. The van der Waals surface area contributed by atoms with Crippen LogP contribution in [0.25, 0.3) is 0 Å². The summed E-state index contributed by atoms with van der Waals surface area (Å²) in [6.45, 7) is 6.32. The van der Waals surface area contributed by atoms with E-state index >= 15 is 0 Å². The number of aryl methyl sites for hydroxylation is 3. The fourth-order valence-electron chi connectivity index (χ4n) is 1.86. The first-order chi connectivity index (χ1) is 8.97. The second kappa shape index (κ2) is 5.45. The molecule has 2 aromatic rings. The van der Waals surface area contributed by atoms with Crippen LogP contribution in [-0.2, 0) is 6.61 Å². The van der Waals surface area contributed by atoms with Crippen molar-refractivity contribution in [3.63, 3.8) is 0 Å². The smallest absolute Gasteiger partial charge is 0.349 e. The maximum absolute atomic E-state index is 11.1. The molecule has 0 spiro atoms. The quantitative estimate of drug-likeness (QED) is 0.919. The van der Waals surface area contributed by atoms with Crippen LogP contribution in [0.5, 0.6) is 5.75 Å². The molecule has 0 aliphatic carbocycles. The van der Waals surface area contributed by atoms with E-state index < -0.39 is 5.97 Å². The van der Waals surface area contributed by atoms with Crippen LogP contribution >= 0.6 is 11.3 Å². The number of aromatic carboxylic acids is 1. The Labute approximate surface area is 116 Å². The lowest BCUT2D eigenvalue weighted by molar-refractivity contribution is 0.0697. The van der Waals surface area contributed by atoms with Gasteiger partial charge in [-0.25, -0.2) is 4.79 Å². The molecule has 0 fully saturated rings. The Morgan fingerprint density at radius 1 is 1.26 bits per heavy atom. The van der Waals surface area contributed by atoms with E-state index in [9.17, 15) is 4.79 Å². The van der Waals surface area contributed by atoms with Crippen molar-refractivity contribution in [2.75, 3.05) is 0 Å². The highest BCUT2D eigenvalue weighted by atomic mass is 32.1. The molecular weight excluding hydrogens is 260 g/mol. The zero-order valence-corrected chi connectivity index (χ0v) is 12.0. The van der Waals surface area contributed by atoms with Crippen molar-refractivity contribution in [3.05, 3.63) is 50.7 Å². The molecule has 0 unspecified atom stereocenters. The number of thiophene rings is 1. The zero-order chi connectivity index (χ0) is 14.0. The minimum absolute atomic E-state index is 0.266.